The fourth-order valence-electron chi connectivity index (χ4n) is 1.03. The standard InChI is InChI=1S/C9H12F2N2O2/c10-8(11)6-15-4-1-7(14)5-9-12-2-3-13-9/h2-3,8H,1,4-6H2,(H,12,13). The average Bonchev–Trinajstić information content (AvgIpc) is 2.64. The van der Waals surface area contributed by atoms with E-state index in [0.717, 1.165) is 0 Å². The van der Waals surface area contributed by atoms with E-state index < -0.39 is 13.0 Å². The fourth-order valence-corrected chi connectivity index (χ4v) is 1.03. The van der Waals surface area contributed by atoms with E-state index in [1.54, 1.807) is 12.4 Å². The number of imidazole rings is 1. The van der Waals surface area contributed by atoms with Crippen LogP contribution in [-0.4, -0.2) is 35.4 Å². The van der Waals surface area contributed by atoms with E-state index in [4.69, 9.17) is 0 Å². The smallest absolute Gasteiger partial charge is 0.261 e. The Balaban J connectivity index is 2.09. The SMILES string of the molecule is O=C(CCOCC(F)F)Cc1ncc[nH]1. The van der Waals surface area contributed by atoms with E-state index in [1.807, 2.05) is 0 Å². The Hall–Kier alpha value is -1.30. The van der Waals surface area contributed by atoms with Crippen LogP contribution in [0, 0.1) is 0 Å². The quantitative estimate of drug-likeness (QED) is 0.699. The molecular weight excluding hydrogens is 206 g/mol. The lowest BCUT2D eigenvalue weighted by Gasteiger charge is -2.01. The summed E-state index contributed by atoms with van der Waals surface area (Å²) in [6.07, 6.45) is 1.01. The third kappa shape index (κ3) is 5.21. The number of rotatable bonds is 7. The van der Waals surface area contributed by atoms with Crippen LogP contribution in [0.15, 0.2) is 12.4 Å². The van der Waals surface area contributed by atoms with Crippen LogP contribution in [0.4, 0.5) is 8.78 Å². The molecular formula is C9H12F2N2O2. The maximum atomic E-state index is 11.6. The number of hydrogen-bond donors (Lipinski definition) is 1. The summed E-state index contributed by atoms with van der Waals surface area (Å²) in [5.74, 6) is 0.494. The molecule has 0 aliphatic heterocycles. The second-order valence-corrected chi connectivity index (χ2v) is 2.97. The molecule has 0 aromatic carbocycles. The van der Waals surface area contributed by atoms with Crippen molar-refractivity contribution < 1.29 is 18.3 Å². The van der Waals surface area contributed by atoms with E-state index >= 15 is 0 Å². The van der Waals surface area contributed by atoms with Crippen LogP contribution in [0.1, 0.15) is 12.2 Å². The van der Waals surface area contributed by atoms with Crippen molar-refractivity contribution in [1.29, 1.82) is 0 Å². The molecule has 0 atom stereocenters. The van der Waals surface area contributed by atoms with E-state index in [1.165, 1.54) is 0 Å². The number of alkyl halides is 2. The third-order valence-electron chi connectivity index (χ3n) is 1.69. The first kappa shape index (κ1) is 11.8. The van der Waals surface area contributed by atoms with Gasteiger partial charge in [0.25, 0.3) is 6.43 Å². The molecule has 4 nitrogen and oxygen atoms in total. The van der Waals surface area contributed by atoms with Crippen molar-refractivity contribution in [2.75, 3.05) is 13.2 Å². The van der Waals surface area contributed by atoms with Gasteiger partial charge in [-0.25, -0.2) is 13.8 Å². The molecule has 1 aromatic heterocycles. The first-order valence-corrected chi connectivity index (χ1v) is 4.54. The lowest BCUT2D eigenvalue weighted by Crippen LogP contribution is -2.11. The monoisotopic (exact) mass is 218 g/mol. The zero-order chi connectivity index (χ0) is 11.1. The third-order valence-corrected chi connectivity index (χ3v) is 1.69. The number of carbonyl (C=O) groups excluding carboxylic acids is 1. The van der Waals surface area contributed by atoms with E-state index in [0.29, 0.717) is 5.82 Å². The topological polar surface area (TPSA) is 55.0 Å². The fraction of sp³-hybridized carbons (Fsp3) is 0.556. The van der Waals surface area contributed by atoms with Gasteiger partial charge in [-0.3, -0.25) is 4.79 Å². The van der Waals surface area contributed by atoms with Crippen LogP contribution < -0.4 is 0 Å². The molecule has 0 aliphatic carbocycles. The molecule has 15 heavy (non-hydrogen) atoms. The molecule has 0 radical (unpaired) electrons. The van der Waals surface area contributed by atoms with Crippen molar-refractivity contribution in [2.24, 2.45) is 0 Å². The van der Waals surface area contributed by atoms with Gasteiger partial charge in [0.05, 0.1) is 13.0 Å². The highest BCUT2D eigenvalue weighted by atomic mass is 19.3. The highest BCUT2D eigenvalue weighted by Gasteiger charge is 2.06. The lowest BCUT2D eigenvalue weighted by atomic mass is 10.2. The molecule has 1 aromatic rings. The van der Waals surface area contributed by atoms with Crippen LogP contribution >= 0.6 is 0 Å². The minimum Gasteiger partial charge on any atom is -0.375 e. The van der Waals surface area contributed by atoms with Crippen molar-refractivity contribution in [3.8, 4) is 0 Å². The van der Waals surface area contributed by atoms with Crippen molar-refractivity contribution in [2.45, 2.75) is 19.3 Å². The summed E-state index contributed by atoms with van der Waals surface area (Å²) in [6.45, 7) is -0.585. The number of H-pyrrole nitrogens is 1. The zero-order valence-electron chi connectivity index (χ0n) is 8.08. The number of hydrogen-bond acceptors (Lipinski definition) is 3. The predicted molar refractivity (Wildman–Crippen MR) is 48.7 cm³/mol. The summed E-state index contributed by atoms with van der Waals surface area (Å²) in [4.78, 5) is 17.9. The van der Waals surface area contributed by atoms with Gasteiger partial charge in [0.1, 0.15) is 18.2 Å². The summed E-state index contributed by atoms with van der Waals surface area (Å²) >= 11 is 0. The highest BCUT2D eigenvalue weighted by molar-refractivity contribution is 5.80. The second kappa shape index (κ2) is 6.23. The van der Waals surface area contributed by atoms with Crippen molar-refractivity contribution in [1.82, 2.24) is 9.97 Å². The summed E-state index contributed by atoms with van der Waals surface area (Å²) in [7, 11) is 0. The van der Waals surface area contributed by atoms with Crippen molar-refractivity contribution in [3.63, 3.8) is 0 Å². The minimum atomic E-state index is -2.48. The van der Waals surface area contributed by atoms with Gasteiger partial charge in [0.2, 0.25) is 0 Å². The van der Waals surface area contributed by atoms with E-state index in [-0.39, 0.29) is 25.2 Å². The van der Waals surface area contributed by atoms with Gasteiger partial charge in [-0.05, 0) is 0 Å². The van der Waals surface area contributed by atoms with Crippen LogP contribution in [-0.2, 0) is 16.0 Å². The number of nitrogens with zero attached hydrogens (tertiary/aromatic N) is 1. The van der Waals surface area contributed by atoms with E-state index in [2.05, 4.69) is 14.7 Å². The molecule has 1 rings (SSSR count). The molecule has 0 unspecified atom stereocenters. The van der Waals surface area contributed by atoms with Crippen LogP contribution in [0.3, 0.4) is 0 Å². The predicted octanol–water partition coefficient (Wildman–Crippen LogP) is 1.19. The maximum absolute atomic E-state index is 11.6. The Kier molecular flexibility index (Phi) is 4.89. The second-order valence-electron chi connectivity index (χ2n) is 2.97. The largest absolute Gasteiger partial charge is 0.375 e. The molecule has 0 saturated carbocycles. The van der Waals surface area contributed by atoms with Gasteiger partial charge < -0.3 is 9.72 Å². The number of nitrogens with one attached hydrogen (secondary N) is 1. The Morgan fingerprint density at radius 1 is 1.60 bits per heavy atom. The number of halogens is 2. The number of ether oxygens (including phenoxy) is 1. The lowest BCUT2D eigenvalue weighted by molar-refractivity contribution is -0.120. The Morgan fingerprint density at radius 2 is 2.40 bits per heavy atom. The summed E-state index contributed by atoms with van der Waals surface area (Å²) in [5, 5.41) is 0. The van der Waals surface area contributed by atoms with Crippen LogP contribution in [0.2, 0.25) is 0 Å². The van der Waals surface area contributed by atoms with E-state index in [9.17, 15) is 13.6 Å². The van der Waals surface area contributed by atoms with Gasteiger partial charge in [-0.1, -0.05) is 0 Å². The average molecular weight is 218 g/mol. The van der Waals surface area contributed by atoms with Gasteiger partial charge in [-0.2, -0.15) is 0 Å². The normalized spacial score (nSPS) is 10.9. The molecule has 0 amide bonds. The van der Waals surface area contributed by atoms with Crippen molar-refractivity contribution in [3.05, 3.63) is 18.2 Å². The Bertz CT molecular complexity index is 288. The number of aromatic amines is 1. The molecule has 0 bridgehead atoms. The summed E-state index contributed by atoms with van der Waals surface area (Å²) in [6, 6.07) is 0. The van der Waals surface area contributed by atoms with Gasteiger partial charge in [0, 0.05) is 18.8 Å². The molecule has 0 spiro atoms. The number of aromatic nitrogens is 2. The first-order valence-electron chi connectivity index (χ1n) is 4.54. The minimum absolute atomic E-state index is 0.0316. The zero-order valence-corrected chi connectivity index (χ0v) is 8.08. The molecule has 0 aliphatic rings. The molecule has 84 valence electrons. The Morgan fingerprint density at radius 3 is 3.00 bits per heavy atom. The van der Waals surface area contributed by atoms with Gasteiger partial charge >= 0.3 is 0 Å². The van der Waals surface area contributed by atoms with Crippen molar-refractivity contribution >= 4 is 5.78 Å². The first-order chi connectivity index (χ1) is 7.18. The number of Topliss-reactive ketones (excluding diaryl/α,β-unsaturated/α-hetero) is 1. The van der Waals surface area contributed by atoms with Crippen LogP contribution in [0.25, 0.3) is 0 Å². The summed E-state index contributed by atoms with van der Waals surface area (Å²) < 4.78 is 27.9. The molecule has 1 heterocycles. The highest BCUT2D eigenvalue weighted by Crippen LogP contribution is 1.97. The molecule has 1 N–H and O–H groups in total. The summed E-state index contributed by atoms with van der Waals surface area (Å²) in [5.41, 5.74) is 0. The maximum Gasteiger partial charge on any atom is 0.261 e. The molecule has 0 saturated heterocycles. The molecule has 6 heteroatoms. The van der Waals surface area contributed by atoms with Gasteiger partial charge in [-0.15, -0.1) is 0 Å². The Labute approximate surface area is 85.7 Å². The van der Waals surface area contributed by atoms with Gasteiger partial charge in [0.15, 0.2) is 0 Å². The number of ketones is 1. The molecule has 0 fully saturated rings. The number of carbonyl (C=O) groups is 1. The van der Waals surface area contributed by atoms with Crippen LogP contribution in [0.5, 0.6) is 0 Å².